The molecule has 0 radical (unpaired) electrons. The number of rotatable bonds is 4. The maximum Gasteiger partial charge on any atom is 0.0272 e. The predicted molar refractivity (Wildman–Crippen MR) is 74.2 cm³/mol. The molecule has 2 rings (SSSR count). The van der Waals surface area contributed by atoms with Gasteiger partial charge in [0.25, 0.3) is 0 Å². The van der Waals surface area contributed by atoms with Gasteiger partial charge >= 0.3 is 0 Å². The van der Waals surface area contributed by atoms with E-state index in [1.807, 2.05) is 0 Å². The first-order valence-electron chi connectivity index (χ1n) is 7.49. The topological polar surface area (TPSA) is 15.3 Å². The first kappa shape index (κ1) is 13.4. The first-order valence-corrected chi connectivity index (χ1v) is 7.49. The van der Waals surface area contributed by atoms with E-state index < -0.39 is 0 Å². The van der Waals surface area contributed by atoms with E-state index in [9.17, 15) is 0 Å². The molecule has 2 nitrogen and oxygen atoms in total. The second-order valence-electron chi connectivity index (χ2n) is 6.68. The Bertz CT molecular complexity index is 237. The smallest absolute Gasteiger partial charge is 0.0272 e. The van der Waals surface area contributed by atoms with Gasteiger partial charge < -0.3 is 10.2 Å². The van der Waals surface area contributed by atoms with Gasteiger partial charge in [0.2, 0.25) is 0 Å². The van der Waals surface area contributed by atoms with Crippen LogP contribution in [0.2, 0.25) is 0 Å². The molecule has 0 aromatic heterocycles. The van der Waals surface area contributed by atoms with Crippen molar-refractivity contribution in [2.75, 3.05) is 20.6 Å². The molecule has 100 valence electrons. The monoisotopic (exact) mass is 238 g/mol. The average molecular weight is 238 g/mol. The van der Waals surface area contributed by atoms with E-state index in [1.54, 1.807) is 0 Å². The van der Waals surface area contributed by atoms with Crippen LogP contribution in [0, 0.1) is 17.8 Å². The maximum atomic E-state index is 3.56. The van der Waals surface area contributed by atoms with Gasteiger partial charge in [-0.3, -0.25) is 0 Å². The van der Waals surface area contributed by atoms with Crippen LogP contribution < -0.4 is 5.32 Å². The van der Waals surface area contributed by atoms with Crippen molar-refractivity contribution >= 4 is 0 Å². The summed E-state index contributed by atoms with van der Waals surface area (Å²) in [6, 6.07) is 1.44. The Labute approximate surface area is 107 Å². The van der Waals surface area contributed by atoms with Gasteiger partial charge in [-0.2, -0.15) is 0 Å². The van der Waals surface area contributed by atoms with Gasteiger partial charge in [-0.25, -0.2) is 0 Å². The van der Waals surface area contributed by atoms with Crippen LogP contribution in [0.25, 0.3) is 0 Å². The van der Waals surface area contributed by atoms with Crippen LogP contribution in [0.15, 0.2) is 0 Å². The molecule has 0 aliphatic heterocycles. The van der Waals surface area contributed by atoms with E-state index >= 15 is 0 Å². The fourth-order valence-corrected chi connectivity index (χ4v) is 4.07. The van der Waals surface area contributed by atoms with Crippen molar-refractivity contribution in [2.24, 2.45) is 17.8 Å². The summed E-state index contributed by atoms with van der Waals surface area (Å²) in [7, 11) is 4.49. The minimum Gasteiger partial charge on any atom is -0.315 e. The lowest BCUT2D eigenvalue weighted by Gasteiger charge is -2.46. The number of hydrogen-bond donors (Lipinski definition) is 1. The lowest BCUT2D eigenvalue weighted by atomic mass is 9.75. The quantitative estimate of drug-likeness (QED) is 0.810. The van der Waals surface area contributed by atoms with E-state index in [4.69, 9.17) is 0 Å². The van der Waals surface area contributed by atoms with Gasteiger partial charge in [-0.05, 0) is 57.5 Å². The van der Waals surface area contributed by atoms with Gasteiger partial charge in [0, 0.05) is 18.6 Å². The number of hydrogen-bond acceptors (Lipinski definition) is 2. The van der Waals surface area contributed by atoms with Crippen LogP contribution in [0.5, 0.6) is 0 Å². The van der Waals surface area contributed by atoms with Crippen LogP contribution in [-0.2, 0) is 0 Å². The zero-order valence-electron chi connectivity index (χ0n) is 12.1. The highest BCUT2D eigenvalue weighted by Crippen LogP contribution is 2.34. The molecule has 4 unspecified atom stereocenters. The third kappa shape index (κ3) is 3.03. The third-order valence-electron chi connectivity index (χ3n) is 5.08. The second kappa shape index (κ2) is 5.71. The van der Waals surface area contributed by atoms with Gasteiger partial charge in [0.15, 0.2) is 0 Å². The summed E-state index contributed by atoms with van der Waals surface area (Å²) in [5, 5.41) is 3.56. The Hall–Kier alpha value is -0.0800. The normalized spacial score (nSPS) is 39.4. The molecule has 0 amide bonds. The number of nitrogens with one attached hydrogen (secondary N) is 1. The summed E-state index contributed by atoms with van der Waals surface area (Å²) in [6.07, 6.45) is 7.14. The molecule has 2 saturated carbocycles. The van der Waals surface area contributed by atoms with Crippen molar-refractivity contribution in [3.8, 4) is 0 Å². The SMILES string of the molecule is CNC1CC(C)CC(C)C1N(C)CC1CCC1. The number of likely N-dealkylation sites (N-methyl/N-ethyl adjacent to an activating group) is 2. The summed E-state index contributed by atoms with van der Waals surface area (Å²) >= 11 is 0. The Morgan fingerprint density at radius 1 is 1.18 bits per heavy atom. The molecule has 0 spiro atoms. The van der Waals surface area contributed by atoms with Crippen LogP contribution in [0.3, 0.4) is 0 Å². The lowest BCUT2D eigenvalue weighted by molar-refractivity contribution is 0.0607. The summed E-state index contributed by atoms with van der Waals surface area (Å²) in [5.74, 6) is 2.71. The molecule has 2 heteroatoms. The molecule has 0 aromatic carbocycles. The van der Waals surface area contributed by atoms with E-state index in [0.29, 0.717) is 6.04 Å². The van der Waals surface area contributed by atoms with Gasteiger partial charge in [-0.1, -0.05) is 20.3 Å². The molecule has 0 bridgehead atoms. The van der Waals surface area contributed by atoms with Crippen molar-refractivity contribution in [3.63, 3.8) is 0 Å². The van der Waals surface area contributed by atoms with Crippen LogP contribution in [0.4, 0.5) is 0 Å². The van der Waals surface area contributed by atoms with Crippen molar-refractivity contribution in [1.82, 2.24) is 10.2 Å². The maximum absolute atomic E-state index is 3.56. The standard InChI is InChI=1S/C15H30N2/c1-11-8-12(2)15(14(9-11)16-3)17(4)10-13-6-5-7-13/h11-16H,5-10H2,1-4H3. The average Bonchev–Trinajstić information content (AvgIpc) is 2.21. The van der Waals surface area contributed by atoms with Crippen molar-refractivity contribution in [3.05, 3.63) is 0 Å². The molecule has 1 N–H and O–H groups in total. The molecule has 0 aromatic rings. The second-order valence-corrected chi connectivity index (χ2v) is 6.68. The highest BCUT2D eigenvalue weighted by Gasteiger charge is 2.36. The highest BCUT2D eigenvalue weighted by atomic mass is 15.2. The first-order chi connectivity index (χ1) is 8.11. The Morgan fingerprint density at radius 3 is 2.41 bits per heavy atom. The molecule has 0 heterocycles. The van der Waals surface area contributed by atoms with Gasteiger partial charge in [0.1, 0.15) is 0 Å². The summed E-state index contributed by atoms with van der Waals surface area (Å²) in [4.78, 5) is 2.65. The summed E-state index contributed by atoms with van der Waals surface area (Å²) < 4.78 is 0. The fourth-order valence-electron chi connectivity index (χ4n) is 4.07. The molecular weight excluding hydrogens is 208 g/mol. The zero-order valence-corrected chi connectivity index (χ0v) is 12.1. The van der Waals surface area contributed by atoms with Crippen LogP contribution in [0.1, 0.15) is 46.0 Å². The molecular formula is C15H30N2. The Morgan fingerprint density at radius 2 is 1.88 bits per heavy atom. The fraction of sp³-hybridized carbons (Fsp3) is 1.00. The van der Waals surface area contributed by atoms with E-state index in [1.165, 1.54) is 38.6 Å². The van der Waals surface area contributed by atoms with Gasteiger partial charge in [0.05, 0.1) is 0 Å². The molecule has 17 heavy (non-hydrogen) atoms. The Balaban J connectivity index is 1.94. The van der Waals surface area contributed by atoms with Crippen molar-refractivity contribution < 1.29 is 0 Å². The molecule has 0 saturated heterocycles. The number of nitrogens with zero attached hydrogens (tertiary/aromatic N) is 1. The van der Waals surface area contributed by atoms with Crippen molar-refractivity contribution in [1.29, 1.82) is 0 Å². The van der Waals surface area contributed by atoms with E-state index in [-0.39, 0.29) is 0 Å². The highest BCUT2D eigenvalue weighted by molar-refractivity contribution is 4.93. The van der Waals surface area contributed by atoms with Gasteiger partial charge in [-0.15, -0.1) is 0 Å². The minimum atomic E-state index is 0.693. The predicted octanol–water partition coefficient (Wildman–Crippen LogP) is 2.74. The zero-order chi connectivity index (χ0) is 12.4. The molecule has 4 atom stereocenters. The lowest BCUT2D eigenvalue weighted by Crippen LogP contribution is -2.55. The van der Waals surface area contributed by atoms with Crippen molar-refractivity contribution in [2.45, 2.75) is 58.0 Å². The third-order valence-corrected chi connectivity index (χ3v) is 5.08. The van der Waals surface area contributed by atoms with Crippen LogP contribution in [-0.4, -0.2) is 37.6 Å². The van der Waals surface area contributed by atoms with E-state index in [2.05, 4.69) is 38.2 Å². The minimum absolute atomic E-state index is 0.693. The van der Waals surface area contributed by atoms with Crippen LogP contribution >= 0.6 is 0 Å². The molecule has 2 aliphatic rings. The summed E-state index contributed by atoms with van der Waals surface area (Å²) in [6.45, 7) is 6.17. The Kier molecular flexibility index (Phi) is 4.48. The summed E-state index contributed by atoms with van der Waals surface area (Å²) in [5.41, 5.74) is 0. The largest absolute Gasteiger partial charge is 0.315 e. The molecule has 2 fully saturated rings. The van der Waals surface area contributed by atoms with E-state index in [0.717, 1.165) is 23.8 Å². The molecule has 2 aliphatic carbocycles.